The molecule has 0 fully saturated rings. The molecule has 2 unspecified atom stereocenters. The number of rotatable bonds is 4. The average Bonchev–Trinajstić information content (AvgIpc) is 3.38. The van der Waals surface area contributed by atoms with Crippen LogP contribution in [0, 0.1) is 24.2 Å². The Labute approximate surface area is 207 Å². The highest BCUT2D eigenvalue weighted by molar-refractivity contribution is 5.94. The van der Waals surface area contributed by atoms with Gasteiger partial charge in [-0.15, -0.1) is 12.8 Å². The van der Waals surface area contributed by atoms with E-state index in [1.807, 2.05) is 24.4 Å². The molecule has 3 atom stereocenters. The lowest BCUT2D eigenvalue weighted by Gasteiger charge is -2.27. The largest absolute Gasteiger partial charge is 0.351 e. The van der Waals surface area contributed by atoms with Crippen molar-refractivity contribution >= 4 is 18.1 Å². The SMILES string of the molecule is C#C.C[C@H]1CC2C=C2Cc2ccc(C(=O)NCC3(C)C=c4nc(-n5cccn5)ccc4=CC3)cc21.[HH]. The Morgan fingerprint density at radius 3 is 2.94 bits per heavy atom. The van der Waals surface area contributed by atoms with Crippen LogP contribution in [0.2, 0.25) is 0 Å². The fraction of sp³-hybridized carbons (Fsp3) is 0.300. The summed E-state index contributed by atoms with van der Waals surface area (Å²) in [4.78, 5) is 17.9. The van der Waals surface area contributed by atoms with E-state index in [1.165, 1.54) is 17.5 Å². The molecule has 1 aromatic carbocycles. The molecule has 0 spiro atoms. The van der Waals surface area contributed by atoms with Gasteiger partial charge < -0.3 is 5.32 Å². The van der Waals surface area contributed by atoms with Gasteiger partial charge in [0.1, 0.15) is 0 Å². The molecule has 1 amide bonds. The number of aromatic nitrogens is 3. The molecule has 2 heterocycles. The van der Waals surface area contributed by atoms with E-state index >= 15 is 0 Å². The number of terminal acetylenes is 1. The topological polar surface area (TPSA) is 59.8 Å². The van der Waals surface area contributed by atoms with Crippen molar-refractivity contribution in [3.8, 4) is 18.7 Å². The predicted molar refractivity (Wildman–Crippen MR) is 141 cm³/mol. The zero-order valence-corrected chi connectivity index (χ0v) is 20.2. The number of benzene rings is 1. The molecule has 5 nitrogen and oxygen atoms in total. The molecule has 0 saturated carbocycles. The van der Waals surface area contributed by atoms with Crippen LogP contribution in [0.4, 0.5) is 0 Å². The van der Waals surface area contributed by atoms with E-state index in [0.29, 0.717) is 18.4 Å². The summed E-state index contributed by atoms with van der Waals surface area (Å²) in [6.45, 7) is 5.02. The van der Waals surface area contributed by atoms with Crippen molar-refractivity contribution in [3.05, 3.63) is 87.7 Å². The molecule has 178 valence electrons. The van der Waals surface area contributed by atoms with Crippen molar-refractivity contribution in [2.45, 2.75) is 39.0 Å². The van der Waals surface area contributed by atoms with Crippen LogP contribution >= 0.6 is 0 Å². The number of hydrogen-bond acceptors (Lipinski definition) is 3. The van der Waals surface area contributed by atoms with E-state index in [-0.39, 0.29) is 12.7 Å². The Kier molecular flexibility index (Phi) is 5.90. The van der Waals surface area contributed by atoms with Gasteiger partial charge in [-0.3, -0.25) is 4.79 Å². The van der Waals surface area contributed by atoms with Crippen molar-refractivity contribution in [1.82, 2.24) is 20.1 Å². The van der Waals surface area contributed by atoms with Crippen molar-refractivity contribution in [2.75, 3.05) is 6.54 Å². The minimum Gasteiger partial charge on any atom is -0.351 e. The highest BCUT2D eigenvalue weighted by Gasteiger charge is 2.32. The molecule has 1 N–H and O–H groups in total. The second-order valence-electron chi connectivity index (χ2n) is 10.1. The molecule has 0 aliphatic heterocycles. The second kappa shape index (κ2) is 9.03. The van der Waals surface area contributed by atoms with E-state index in [0.717, 1.165) is 34.8 Å². The van der Waals surface area contributed by atoms with Gasteiger partial charge in [-0.2, -0.15) is 5.10 Å². The number of fused-ring (bicyclic) bond motifs is 3. The summed E-state index contributed by atoms with van der Waals surface area (Å²) in [5.41, 5.74) is 4.85. The number of nitrogens with zero attached hydrogens (tertiary/aromatic N) is 3. The third-order valence-corrected chi connectivity index (χ3v) is 7.33. The maximum atomic E-state index is 13.1. The summed E-state index contributed by atoms with van der Waals surface area (Å²) in [6.07, 6.45) is 21.5. The summed E-state index contributed by atoms with van der Waals surface area (Å²) in [7, 11) is 0. The van der Waals surface area contributed by atoms with Crippen LogP contribution in [0.1, 0.15) is 55.5 Å². The van der Waals surface area contributed by atoms with Crippen molar-refractivity contribution in [1.29, 1.82) is 0 Å². The van der Waals surface area contributed by atoms with Gasteiger partial charge in [-0.1, -0.05) is 43.7 Å². The molecule has 0 saturated heterocycles. The standard InChI is InChI=1S/C28H28N4O.C2H2.H2/c1-18-12-22-14-23(22)13-20-4-5-21(15-24(18)20)27(33)29-17-28(2)9-8-19-6-7-26(31-25(19)16-28)32-11-3-10-30-32;1-2;/h3-8,10-11,14-16,18,22H,9,12-13,17H2,1-2H3,(H,29,33);1-2H;1H/t18-,22?,28?;;/m0../s1. The summed E-state index contributed by atoms with van der Waals surface area (Å²) in [5.74, 6) is 1.97. The summed E-state index contributed by atoms with van der Waals surface area (Å²) in [5, 5.41) is 9.54. The van der Waals surface area contributed by atoms with E-state index in [4.69, 9.17) is 4.98 Å². The van der Waals surface area contributed by atoms with Crippen LogP contribution in [0.5, 0.6) is 0 Å². The number of pyridine rings is 1. The number of allylic oxidation sites excluding steroid dienone is 2. The van der Waals surface area contributed by atoms with E-state index in [1.54, 1.807) is 16.5 Å². The number of nitrogens with one attached hydrogen (secondary N) is 1. The van der Waals surface area contributed by atoms with Gasteiger partial charge in [-0.25, -0.2) is 9.67 Å². The van der Waals surface area contributed by atoms with Gasteiger partial charge in [0.2, 0.25) is 0 Å². The molecule has 3 aliphatic carbocycles. The van der Waals surface area contributed by atoms with Crippen LogP contribution in [-0.4, -0.2) is 27.2 Å². The Morgan fingerprint density at radius 1 is 1.29 bits per heavy atom. The molecular weight excluding hydrogens is 432 g/mol. The summed E-state index contributed by atoms with van der Waals surface area (Å²) >= 11 is 0. The molecular formula is C30H32N4O. The Bertz CT molecular complexity index is 1450. The lowest BCUT2D eigenvalue weighted by atomic mass is 9.83. The Hall–Kier alpha value is -3.91. The summed E-state index contributed by atoms with van der Waals surface area (Å²) < 4.78 is 1.77. The molecule has 3 aromatic rings. The maximum absolute atomic E-state index is 13.1. The molecule has 0 bridgehead atoms. The minimum absolute atomic E-state index is 0. The zero-order valence-electron chi connectivity index (χ0n) is 20.2. The highest BCUT2D eigenvalue weighted by atomic mass is 16.1. The van der Waals surface area contributed by atoms with Crippen LogP contribution in [0.3, 0.4) is 0 Å². The van der Waals surface area contributed by atoms with Crippen LogP contribution in [0.15, 0.2) is 60.4 Å². The van der Waals surface area contributed by atoms with Crippen molar-refractivity contribution in [2.24, 2.45) is 11.3 Å². The van der Waals surface area contributed by atoms with Gasteiger partial charge in [0, 0.05) is 31.3 Å². The third kappa shape index (κ3) is 4.57. The van der Waals surface area contributed by atoms with Gasteiger partial charge >= 0.3 is 0 Å². The van der Waals surface area contributed by atoms with Crippen LogP contribution < -0.4 is 15.9 Å². The summed E-state index contributed by atoms with van der Waals surface area (Å²) in [6, 6.07) is 12.2. The third-order valence-electron chi connectivity index (χ3n) is 7.33. The average molecular weight is 465 g/mol. The maximum Gasteiger partial charge on any atom is 0.251 e. The van der Waals surface area contributed by atoms with E-state index < -0.39 is 0 Å². The van der Waals surface area contributed by atoms with Crippen molar-refractivity contribution < 1.29 is 6.22 Å². The second-order valence-corrected chi connectivity index (χ2v) is 10.1. The number of carbonyl (C=O) groups excluding carboxylic acids is 1. The first kappa shape index (κ1) is 22.9. The lowest BCUT2D eigenvalue weighted by molar-refractivity contribution is 0.0943. The first-order valence-electron chi connectivity index (χ1n) is 12.1. The fourth-order valence-corrected chi connectivity index (χ4v) is 5.24. The van der Waals surface area contributed by atoms with Gasteiger partial charge in [0.15, 0.2) is 5.82 Å². The zero-order chi connectivity index (χ0) is 24.6. The highest BCUT2D eigenvalue weighted by Crippen LogP contribution is 2.44. The predicted octanol–water partition coefficient (Wildman–Crippen LogP) is 3.77. The molecule has 3 aliphatic rings. The number of amides is 1. The smallest absolute Gasteiger partial charge is 0.251 e. The van der Waals surface area contributed by atoms with Crippen LogP contribution in [0.25, 0.3) is 18.0 Å². The molecule has 0 radical (unpaired) electrons. The monoisotopic (exact) mass is 464 g/mol. The first-order chi connectivity index (χ1) is 17.0. The lowest BCUT2D eigenvalue weighted by Crippen LogP contribution is -2.41. The first-order valence-corrected chi connectivity index (χ1v) is 12.1. The van der Waals surface area contributed by atoms with Gasteiger partial charge in [-0.05, 0) is 77.8 Å². The quantitative estimate of drug-likeness (QED) is 0.472. The normalized spacial score (nSPS) is 23.4. The van der Waals surface area contributed by atoms with E-state index in [9.17, 15) is 4.79 Å². The fourth-order valence-electron chi connectivity index (χ4n) is 5.24. The molecule has 35 heavy (non-hydrogen) atoms. The van der Waals surface area contributed by atoms with Crippen molar-refractivity contribution in [3.63, 3.8) is 0 Å². The number of carbonyl (C=O) groups is 1. The Balaban J connectivity index is 0.000000990. The Morgan fingerprint density at radius 2 is 2.14 bits per heavy atom. The van der Waals surface area contributed by atoms with Gasteiger partial charge in [0.05, 0.1) is 5.35 Å². The molecule has 5 heteroatoms. The van der Waals surface area contributed by atoms with Crippen LogP contribution in [-0.2, 0) is 6.42 Å². The van der Waals surface area contributed by atoms with Gasteiger partial charge in [0.25, 0.3) is 5.91 Å². The number of hydrogen-bond donors (Lipinski definition) is 1. The van der Waals surface area contributed by atoms with E-state index in [2.05, 4.69) is 73.5 Å². The minimum atomic E-state index is -0.189. The molecule has 2 aromatic heterocycles. The molecule has 6 rings (SSSR count).